The number of rotatable bonds is 8. The predicted octanol–water partition coefficient (Wildman–Crippen LogP) is 7.46. The third kappa shape index (κ3) is 4.95. The maximum atomic E-state index is 9.62. The summed E-state index contributed by atoms with van der Waals surface area (Å²) in [6.45, 7) is 13.4. The monoisotopic (exact) mass is 538 g/mol. The Labute approximate surface area is 237 Å². The highest BCUT2D eigenvalue weighted by atomic mass is 16.3. The lowest BCUT2D eigenvalue weighted by atomic mass is 9.98. The Morgan fingerprint density at radius 3 is 1.45 bits per heavy atom. The van der Waals surface area contributed by atoms with Crippen LogP contribution in [0, 0.1) is 13.8 Å². The number of hydrogen-bond donors (Lipinski definition) is 4. The van der Waals surface area contributed by atoms with Crippen LogP contribution in [-0.2, 0) is 12.8 Å². The van der Waals surface area contributed by atoms with Gasteiger partial charge in [0.2, 0.25) is 0 Å². The van der Waals surface area contributed by atoms with Gasteiger partial charge in [-0.25, -0.2) is 9.97 Å². The summed E-state index contributed by atoms with van der Waals surface area (Å²) < 4.78 is 0. The van der Waals surface area contributed by atoms with E-state index in [1.807, 2.05) is 0 Å². The first-order valence-corrected chi connectivity index (χ1v) is 14.7. The fourth-order valence-corrected chi connectivity index (χ4v) is 6.27. The van der Waals surface area contributed by atoms with Crippen molar-refractivity contribution in [2.24, 2.45) is 0 Å². The molecule has 0 atom stereocenters. The molecule has 2 aliphatic heterocycles. The third-order valence-corrected chi connectivity index (χ3v) is 8.68. The number of H-pyrrole nitrogens is 2. The van der Waals surface area contributed by atoms with E-state index >= 15 is 0 Å². The third-order valence-electron chi connectivity index (χ3n) is 8.68. The fraction of sp³-hybridized carbons (Fsp3) is 0.412. The second-order valence-electron chi connectivity index (χ2n) is 11.0. The van der Waals surface area contributed by atoms with Crippen LogP contribution in [0.3, 0.4) is 0 Å². The van der Waals surface area contributed by atoms with Crippen LogP contribution in [0.4, 0.5) is 0 Å². The number of aliphatic hydroxyl groups is 2. The van der Waals surface area contributed by atoms with E-state index in [2.05, 4.69) is 75.8 Å². The van der Waals surface area contributed by atoms with E-state index in [4.69, 9.17) is 9.97 Å². The van der Waals surface area contributed by atoms with Crippen LogP contribution in [0.2, 0.25) is 0 Å². The zero-order valence-corrected chi connectivity index (χ0v) is 24.8. The van der Waals surface area contributed by atoms with Crippen molar-refractivity contribution >= 4 is 44.4 Å². The van der Waals surface area contributed by atoms with Gasteiger partial charge in [0.15, 0.2) is 0 Å². The molecule has 0 spiro atoms. The Hall–Kier alpha value is -3.48. The maximum Gasteiger partial charge on any atom is 0.0694 e. The minimum atomic E-state index is 0.142. The summed E-state index contributed by atoms with van der Waals surface area (Å²) in [6.07, 6.45) is 4.75. The van der Waals surface area contributed by atoms with Gasteiger partial charge in [0.1, 0.15) is 0 Å². The van der Waals surface area contributed by atoms with Gasteiger partial charge in [0.05, 0.1) is 22.8 Å². The van der Waals surface area contributed by atoms with E-state index in [0.717, 1.165) is 92.8 Å². The molecule has 3 aromatic rings. The first kappa shape index (κ1) is 28.1. The van der Waals surface area contributed by atoms with Gasteiger partial charge in [-0.1, -0.05) is 13.8 Å². The van der Waals surface area contributed by atoms with E-state index in [0.29, 0.717) is 12.8 Å². The molecular weight excluding hydrogens is 496 g/mol. The fourth-order valence-electron chi connectivity index (χ4n) is 6.27. The van der Waals surface area contributed by atoms with Crippen LogP contribution >= 0.6 is 0 Å². The van der Waals surface area contributed by atoms with E-state index in [1.165, 1.54) is 22.3 Å². The number of aryl methyl sites for hydroxylation is 4. The van der Waals surface area contributed by atoms with Gasteiger partial charge in [-0.3, -0.25) is 0 Å². The van der Waals surface area contributed by atoms with E-state index < -0.39 is 0 Å². The molecule has 0 unspecified atom stereocenters. The lowest BCUT2D eigenvalue weighted by Gasteiger charge is -2.05. The molecule has 6 nitrogen and oxygen atoms in total. The Morgan fingerprint density at radius 2 is 1.00 bits per heavy atom. The molecule has 5 rings (SSSR count). The molecule has 0 radical (unpaired) electrons. The summed E-state index contributed by atoms with van der Waals surface area (Å²) in [4.78, 5) is 17.7. The smallest absolute Gasteiger partial charge is 0.0694 e. The average Bonchev–Trinajstić information content (AvgIpc) is 3.59. The van der Waals surface area contributed by atoms with Crippen molar-refractivity contribution in [1.82, 2.24) is 19.9 Å². The molecule has 3 aromatic heterocycles. The molecular formula is C34H42N4O2. The summed E-state index contributed by atoms with van der Waals surface area (Å²) in [6, 6.07) is 8.73. The minimum Gasteiger partial charge on any atom is -0.396 e. The number of aromatic amines is 2. The highest BCUT2D eigenvalue weighted by molar-refractivity contribution is 5.95. The number of fused-ring (bicyclic) bond motifs is 8. The van der Waals surface area contributed by atoms with Crippen LogP contribution in [0.1, 0.15) is 98.4 Å². The Balaban J connectivity index is 1.93. The first-order valence-electron chi connectivity index (χ1n) is 14.7. The normalized spacial score (nSPS) is 13.6. The van der Waals surface area contributed by atoms with Crippen LogP contribution < -0.4 is 0 Å². The van der Waals surface area contributed by atoms with Crippen LogP contribution in [0.15, 0.2) is 24.3 Å². The van der Waals surface area contributed by atoms with Crippen molar-refractivity contribution in [3.63, 3.8) is 0 Å². The topological polar surface area (TPSA) is 97.8 Å². The highest BCUT2D eigenvalue weighted by Crippen LogP contribution is 2.38. The number of nitrogens with one attached hydrogen (secondary N) is 2. The van der Waals surface area contributed by atoms with Gasteiger partial charge in [-0.2, -0.15) is 0 Å². The predicted molar refractivity (Wildman–Crippen MR) is 167 cm³/mol. The summed E-state index contributed by atoms with van der Waals surface area (Å²) in [5.74, 6) is 0. The van der Waals surface area contributed by atoms with Crippen molar-refractivity contribution in [3.8, 4) is 0 Å². The molecule has 6 heteroatoms. The molecule has 0 amide bonds. The minimum absolute atomic E-state index is 0.142. The number of aromatic nitrogens is 4. The maximum absolute atomic E-state index is 9.62. The van der Waals surface area contributed by atoms with Crippen molar-refractivity contribution in [1.29, 1.82) is 0 Å². The average molecular weight is 539 g/mol. The molecule has 0 aliphatic carbocycles. The number of aliphatic hydroxyl groups excluding tert-OH is 2. The van der Waals surface area contributed by atoms with Gasteiger partial charge in [-0.05, 0) is 135 Å². The Kier molecular flexibility index (Phi) is 8.11. The molecule has 210 valence electrons. The lowest BCUT2D eigenvalue weighted by Crippen LogP contribution is -1.91. The summed E-state index contributed by atoms with van der Waals surface area (Å²) in [7, 11) is 0. The molecule has 0 saturated carbocycles. The number of nitrogens with zero attached hydrogens (tertiary/aromatic N) is 2. The molecule has 8 bridgehead atoms. The second-order valence-corrected chi connectivity index (χ2v) is 11.0. The van der Waals surface area contributed by atoms with Gasteiger partial charge < -0.3 is 20.2 Å². The van der Waals surface area contributed by atoms with Gasteiger partial charge in [-0.15, -0.1) is 0 Å². The van der Waals surface area contributed by atoms with Crippen molar-refractivity contribution < 1.29 is 10.2 Å². The van der Waals surface area contributed by atoms with E-state index in [-0.39, 0.29) is 13.2 Å². The molecule has 0 aromatic carbocycles. The van der Waals surface area contributed by atoms with Crippen molar-refractivity contribution in [2.45, 2.75) is 80.1 Å². The SMILES string of the molecule is CCc1c(C)c2cc3[nH]c(cc4nc(cc5nc(cc1[nH]2)C(C)=C5CCCO)C(CCCO)=C4C)c(C)c3CC. The zero-order valence-electron chi connectivity index (χ0n) is 24.8. The standard InChI is InChI=1S/C34H42N4O2/c1-7-23-19(3)27-15-28-21(5)25(11-9-13-39)33(37-28)18-34-26(12-10-14-40)22(6)30(38-34)17-32-24(8-2)20(4)29(36-32)16-31(23)35-27/h15-18,35-36,39-40H,7-14H2,1-6H3. The van der Waals surface area contributed by atoms with Crippen LogP contribution in [0.25, 0.3) is 44.4 Å². The summed E-state index contributed by atoms with van der Waals surface area (Å²) in [5, 5.41) is 19.2. The van der Waals surface area contributed by atoms with Gasteiger partial charge in [0, 0.05) is 35.3 Å². The summed E-state index contributed by atoms with van der Waals surface area (Å²) >= 11 is 0. The van der Waals surface area contributed by atoms with Crippen molar-refractivity contribution in [3.05, 3.63) is 69.3 Å². The van der Waals surface area contributed by atoms with Crippen LogP contribution in [0.5, 0.6) is 0 Å². The Bertz CT molecular complexity index is 1680. The number of hydrogen-bond acceptors (Lipinski definition) is 4. The van der Waals surface area contributed by atoms with E-state index in [1.54, 1.807) is 0 Å². The zero-order chi connectivity index (χ0) is 28.6. The van der Waals surface area contributed by atoms with Crippen molar-refractivity contribution in [2.75, 3.05) is 13.2 Å². The highest BCUT2D eigenvalue weighted by Gasteiger charge is 2.21. The molecule has 40 heavy (non-hydrogen) atoms. The Morgan fingerprint density at radius 1 is 0.575 bits per heavy atom. The summed E-state index contributed by atoms with van der Waals surface area (Å²) in [5.41, 5.74) is 17.9. The van der Waals surface area contributed by atoms with Gasteiger partial charge in [0.25, 0.3) is 0 Å². The molecule has 5 heterocycles. The van der Waals surface area contributed by atoms with Gasteiger partial charge >= 0.3 is 0 Å². The lowest BCUT2D eigenvalue weighted by molar-refractivity contribution is 0.290. The molecule has 2 aliphatic rings. The quantitative estimate of drug-likeness (QED) is 0.239. The van der Waals surface area contributed by atoms with Crippen LogP contribution in [-0.4, -0.2) is 43.4 Å². The molecule has 0 saturated heterocycles. The molecule has 0 fully saturated rings. The largest absolute Gasteiger partial charge is 0.396 e. The molecule has 4 N–H and O–H groups in total. The first-order chi connectivity index (χ1) is 19.3. The van der Waals surface area contributed by atoms with E-state index in [9.17, 15) is 10.2 Å². The second kappa shape index (κ2) is 11.6. The number of allylic oxidation sites excluding steroid dienone is 4.